The predicted molar refractivity (Wildman–Crippen MR) is 47.2 cm³/mol. The normalized spacial score (nSPS) is 43.7. The third-order valence-electron chi connectivity index (χ3n) is 3.09. The van der Waals surface area contributed by atoms with Crippen LogP contribution in [0.4, 0.5) is 0 Å². The summed E-state index contributed by atoms with van der Waals surface area (Å²) in [7, 11) is 0. The van der Waals surface area contributed by atoms with Gasteiger partial charge in [-0.15, -0.1) is 0 Å². The lowest BCUT2D eigenvalue weighted by atomic mass is 9.88. The summed E-state index contributed by atoms with van der Waals surface area (Å²) < 4.78 is 11.2. The zero-order valence-corrected chi connectivity index (χ0v) is 8.05. The molecule has 0 saturated carbocycles. The van der Waals surface area contributed by atoms with Crippen LogP contribution in [0.15, 0.2) is 12.2 Å². The van der Waals surface area contributed by atoms with E-state index in [0.717, 1.165) is 12.0 Å². The van der Waals surface area contributed by atoms with E-state index in [9.17, 15) is 4.79 Å². The summed E-state index contributed by atoms with van der Waals surface area (Å²) in [4.78, 5) is 11.4. The molecule has 13 heavy (non-hydrogen) atoms. The van der Waals surface area contributed by atoms with Gasteiger partial charge in [0.05, 0.1) is 6.61 Å². The first-order chi connectivity index (χ1) is 5.99. The van der Waals surface area contributed by atoms with Gasteiger partial charge in [0.2, 0.25) is 0 Å². The lowest BCUT2D eigenvalue weighted by Gasteiger charge is -2.35. The van der Waals surface area contributed by atoms with E-state index in [2.05, 4.69) is 6.58 Å². The van der Waals surface area contributed by atoms with Crippen molar-refractivity contribution >= 4 is 5.78 Å². The summed E-state index contributed by atoms with van der Waals surface area (Å²) in [6.07, 6.45) is 1.52. The molecule has 2 bridgehead atoms. The molecule has 0 aromatic rings. The molecule has 2 atom stereocenters. The first-order valence-electron chi connectivity index (χ1n) is 4.52. The highest BCUT2D eigenvalue weighted by atomic mass is 16.8. The molecule has 2 fully saturated rings. The number of fused-ring (bicyclic) bond motifs is 2. The van der Waals surface area contributed by atoms with E-state index >= 15 is 0 Å². The van der Waals surface area contributed by atoms with Crippen LogP contribution in [0, 0.1) is 0 Å². The van der Waals surface area contributed by atoms with E-state index < -0.39 is 11.4 Å². The smallest absolute Gasteiger partial charge is 0.189 e. The van der Waals surface area contributed by atoms with E-state index in [4.69, 9.17) is 9.47 Å². The number of rotatable bonds is 1. The van der Waals surface area contributed by atoms with Crippen LogP contribution >= 0.6 is 0 Å². The molecule has 2 aliphatic rings. The lowest BCUT2D eigenvalue weighted by Crippen LogP contribution is -2.45. The number of Topliss-reactive ketones (excluding diaryl/α,β-unsaturated/α-hetero) is 1. The van der Waals surface area contributed by atoms with Crippen LogP contribution in [0.2, 0.25) is 0 Å². The van der Waals surface area contributed by atoms with Crippen molar-refractivity contribution in [2.24, 2.45) is 0 Å². The monoisotopic (exact) mass is 182 g/mol. The van der Waals surface area contributed by atoms with Crippen LogP contribution in [0.3, 0.4) is 0 Å². The maximum absolute atomic E-state index is 11.4. The quantitative estimate of drug-likeness (QED) is 0.575. The van der Waals surface area contributed by atoms with Crippen molar-refractivity contribution in [1.82, 2.24) is 0 Å². The second-order valence-electron chi connectivity index (χ2n) is 3.99. The second kappa shape index (κ2) is 2.42. The van der Waals surface area contributed by atoms with Gasteiger partial charge in [0.25, 0.3) is 0 Å². The van der Waals surface area contributed by atoms with Gasteiger partial charge < -0.3 is 9.47 Å². The topological polar surface area (TPSA) is 35.5 Å². The fourth-order valence-corrected chi connectivity index (χ4v) is 1.91. The van der Waals surface area contributed by atoms with Crippen LogP contribution in [-0.2, 0) is 14.3 Å². The molecule has 2 saturated heterocycles. The Balaban J connectivity index is 2.33. The average Bonchev–Trinajstić information content (AvgIpc) is 2.36. The van der Waals surface area contributed by atoms with Gasteiger partial charge in [0.15, 0.2) is 17.2 Å². The number of ketones is 1. The molecule has 0 unspecified atom stereocenters. The van der Waals surface area contributed by atoms with Crippen molar-refractivity contribution in [3.63, 3.8) is 0 Å². The van der Waals surface area contributed by atoms with Crippen LogP contribution < -0.4 is 0 Å². The molecule has 3 nitrogen and oxygen atoms in total. The Morgan fingerprint density at radius 2 is 2.31 bits per heavy atom. The highest BCUT2D eigenvalue weighted by Gasteiger charge is 2.55. The van der Waals surface area contributed by atoms with Gasteiger partial charge in [-0.1, -0.05) is 6.58 Å². The molecule has 0 aliphatic carbocycles. The van der Waals surface area contributed by atoms with Gasteiger partial charge in [0.1, 0.15) is 0 Å². The van der Waals surface area contributed by atoms with Crippen LogP contribution in [0.5, 0.6) is 0 Å². The fourth-order valence-electron chi connectivity index (χ4n) is 1.91. The molecule has 2 rings (SSSR count). The van der Waals surface area contributed by atoms with E-state index in [1.54, 1.807) is 6.92 Å². The Morgan fingerprint density at radius 1 is 1.62 bits per heavy atom. The Morgan fingerprint density at radius 3 is 2.92 bits per heavy atom. The highest BCUT2D eigenvalue weighted by molar-refractivity contribution is 5.85. The van der Waals surface area contributed by atoms with Crippen molar-refractivity contribution < 1.29 is 14.3 Å². The molecular formula is C10H14O3. The van der Waals surface area contributed by atoms with Gasteiger partial charge in [-0.3, -0.25) is 4.79 Å². The maximum Gasteiger partial charge on any atom is 0.189 e. The Labute approximate surface area is 77.7 Å². The second-order valence-corrected chi connectivity index (χ2v) is 3.99. The Hall–Kier alpha value is -0.670. The minimum absolute atomic E-state index is 0.0590. The minimum Gasteiger partial charge on any atom is -0.343 e. The summed E-state index contributed by atoms with van der Waals surface area (Å²) in [5.74, 6) is -0.659. The maximum atomic E-state index is 11.4. The van der Waals surface area contributed by atoms with Gasteiger partial charge in [0, 0.05) is 0 Å². The lowest BCUT2D eigenvalue weighted by molar-refractivity contribution is -0.174. The Kier molecular flexibility index (Phi) is 1.66. The van der Waals surface area contributed by atoms with Crippen molar-refractivity contribution in [3.05, 3.63) is 12.2 Å². The molecule has 0 aromatic heterocycles. The summed E-state index contributed by atoms with van der Waals surface area (Å²) in [5.41, 5.74) is 0.248. The molecule has 0 amide bonds. The van der Waals surface area contributed by atoms with E-state index in [-0.39, 0.29) is 5.78 Å². The third kappa shape index (κ3) is 1.07. The molecule has 2 aliphatic heterocycles. The number of hydrogen-bond acceptors (Lipinski definition) is 3. The molecule has 0 aromatic carbocycles. The van der Waals surface area contributed by atoms with E-state index in [1.807, 2.05) is 6.92 Å². The highest BCUT2D eigenvalue weighted by Crippen LogP contribution is 2.45. The number of carbonyl (C=O) groups is 1. The van der Waals surface area contributed by atoms with Gasteiger partial charge in [-0.2, -0.15) is 0 Å². The number of carbonyl (C=O) groups excluding carboxylic acids is 1. The van der Waals surface area contributed by atoms with Gasteiger partial charge >= 0.3 is 0 Å². The minimum atomic E-state index is -0.718. The molecule has 0 N–H and O–H groups in total. The summed E-state index contributed by atoms with van der Waals surface area (Å²) in [6, 6.07) is 0. The van der Waals surface area contributed by atoms with Crippen molar-refractivity contribution in [2.45, 2.75) is 38.1 Å². The van der Waals surface area contributed by atoms with Gasteiger partial charge in [-0.05, 0) is 32.3 Å². The molecule has 0 radical (unpaired) electrons. The molecule has 72 valence electrons. The molecule has 3 heteroatoms. The number of ether oxygens (including phenoxy) is 2. The predicted octanol–water partition coefficient (Wildman–Crippen LogP) is 1.43. The first kappa shape index (κ1) is 8.91. The SMILES string of the molecule is C=C1CC[C@]2(C(C)=O)CO[C@@]1(C)O2. The third-order valence-corrected chi connectivity index (χ3v) is 3.09. The Bertz CT molecular complexity index is 284. The average molecular weight is 182 g/mol. The molecule has 2 heterocycles. The van der Waals surface area contributed by atoms with Crippen molar-refractivity contribution in [3.8, 4) is 0 Å². The zero-order chi connectivity index (χ0) is 9.69. The largest absolute Gasteiger partial charge is 0.343 e. The van der Waals surface area contributed by atoms with E-state index in [0.29, 0.717) is 13.0 Å². The molecule has 0 spiro atoms. The van der Waals surface area contributed by atoms with Crippen molar-refractivity contribution in [2.75, 3.05) is 6.61 Å². The first-order valence-corrected chi connectivity index (χ1v) is 4.52. The van der Waals surface area contributed by atoms with E-state index in [1.165, 1.54) is 0 Å². The number of hydrogen-bond donors (Lipinski definition) is 0. The van der Waals surface area contributed by atoms with Crippen molar-refractivity contribution in [1.29, 1.82) is 0 Å². The zero-order valence-electron chi connectivity index (χ0n) is 8.05. The summed E-state index contributed by atoms with van der Waals surface area (Å²) in [5, 5.41) is 0. The summed E-state index contributed by atoms with van der Waals surface area (Å²) in [6.45, 7) is 7.66. The van der Waals surface area contributed by atoms with Crippen LogP contribution in [0.25, 0.3) is 0 Å². The molecular weight excluding hydrogens is 168 g/mol. The van der Waals surface area contributed by atoms with Crippen LogP contribution in [0.1, 0.15) is 26.7 Å². The fraction of sp³-hybridized carbons (Fsp3) is 0.700. The standard InChI is InChI=1S/C10H14O3/c1-7-4-5-10(8(2)11)6-12-9(7,3)13-10/h1,4-6H2,2-3H3/t9-,10+/m0/s1. The summed E-state index contributed by atoms with van der Waals surface area (Å²) >= 11 is 0. The van der Waals surface area contributed by atoms with Gasteiger partial charge in [-0.25, -0.2) is 0 Å². The van der Waals surface area contributed by atoms with Crippen LogP contribution in [-0.4, -0.2) is 23.8 Å².